The Balaban J connectivity index is 2.52. The number of hydrogen-bond acceptors (Lipinski definition) is 0. The molecule has 0 heterocycles. The molecule has 0 nitrogen and oxygen atoms in total. The molecule has 116 valence electrons. The molecule has 0 aliphatic heterocycles. The molecule has 0 bridgehead atoms. The van der Waals surface area contributed by atoms with Gasteiger partial charge in [-0.05, 0) is 46.7 Å². The van der Waals surface area contributed by atoms with E-state index in [1.807, 2.05) is 0 Å². The molecule has 0 atom stereocenters. The first-order valence-electron chi connectivity index (χ1n) is 8.79. The van der Waals surface area contributed by atoms with Crippen LogP contribution in [0.15, 0.2) is 30.3 Å². The summed E-state index contributed by atoms with van der Waals surface area (Å²) in [5.41, 5.74) is 4.46. The lowest BCUT2D eigenvalue weighted by atomic mass is 9.89. The van der Waals surface area contributed by atoms with E-state index in [0.717, 1.165) is 32.1 Å². The van der Waals surface area contributed by atoms with E-state index in [1.165, 1.54) is 40.3 Å². The predicted molar refractivity (Wildman–Crippen MR) is 98.3 cm³/mol. The van der Waals surface area contributed by atoms with Gasteiger partial charge in [0.25, 0.3) is 0 Å². The molecule has 0 N–H and O–H groups in total. The van der Waals surface area contributed by atoms with E-state index in [1.54, 1.807) is 0 Å². The topological polar surface area (TPSA) is 0 Å². The monoisotopic (exact) mass is 292 g/mol. The van der Waals surface area contributed by atoms with E-state index in [9.17, 15) is 0 Å². The zero-order valence-electron chi connectivity index (χ0n) is 14.3. The second kappa shape index (κ2) is 8.64. The molecule has 0 heteroatoms. The number of unbranched alkanes of at least 4 members (excludes halogenated alkanes) is 1. The molecule has 0 amide bonds. The minimum absolute atomic E-state index is 0.900. The molecule has 0 radical (unpaired) electrons. The highest BCUT2D eigenvalue weighted by molar-refractivity contribution is 5.90. The van der Waals surface area contributed by atoms with Crippen LogP contribution < -0.4 is 0 Å². The van der Waals surface area contributed by atoms with Crippen LogP contribution in [0.2, 0.25) is 0 Å². The summed E-state index contributed by atoms with van der Waals surface area (Å²) in [6.07, 6.45) is 7.74. The van der Waals surface area contributed by atoms with Crippen molar-refractivity contribution in [3.8, 4) is 11.8 Å². The van der Waals surface area contributed by atoms with Crippen LogP contribution in [0.5, 0.6) is 0 Å². The third-order valence-corrected chi connectivity index (χ3v) is 4.13. The zero-order valence-corrected chi connectivity index (χ0v) is 14.3. The van der Waals surface area contributed by atoms with Gasteiger partial charge in [-0.15, -0.1) is 5.92 Å². The molecule has 0 unspecified atom stereocenters. The van der Waals surface area contributed by atoms with E-state index in [4.69, 9.17) is 0 Å². The number of fused-ring (bicyclic) bond motifs is 1. The highest BCUT2D eigenvalue weighted by Gasteiger charge is 2.10. The first-order chi connectivity index (χ1) is 10.8. The van der Waals surface area contributed by atoms with Gasteiger partial charge in [0.15, 0.2) is 0 Å². The van der Waals surface area contributed by atoms with Crippen molar-refractivity contribution in [2.75, 3.05) is 0 Å². The van der Waals surface area contributed by atoms with Crippen molar-refractivity contribution >= 4 is 10.8 Å². The Morgan fingerprint density at radius 3 is 2.18 bits per heavy atom. The molecule has 2 rings (SSSR count). The van der Waals surface area contributed by atoms with Gasteiger partial charge in [-0.3, -0.25) is 0 Å². The Hall–Kier alpha value is -1.74. The van der Waals surface area contributed by atoms with Crippen molar-refractivity contribution in [3.63, 3.8) is 0 Å². The van der Waals surface area contributed by atoms with E-state index >= 15 is 0 Å². The lowest BCUT2D eigenvalue weighted by Crippen LogP contribution is -1.99. The minimum atomic E-state index is 0.900. The molecule has 0 aromatic heterocycles. The summed E-state index contributed by atoms with van der Waals surface area (Å²) >= 11 is 0. The van der Waals surface area contributed by atoms with Crippen LogP contribution in [0.25, 0.3) is 10.8 Å². The van der Waals surface area contributed by atoms with Crippen LogP contribution in [-0.4, -0.2) is 0 Å². The van der Waals surface area contributed by atoms with Crippen molar-refractivity contribution in [1.29, 1.82) is 0 Å². The fourth-order valence-corrected chi connectivity index (χ4v) is 3.12. The summed E-state index contributed by atoms with van der Waals surface area (Å²) in [4.78, 5) is 0. The molecule has 0 aliphatic rings. The summed E-state index contributed by atoms with van der Waals surface area (Å²) in [5.74, 6) is 6.69. The normalized spacial score (nSPS) is 10.5. The SMILES string of the molecule is CCCC#CCc1cc(CCC)c2ccccc2c1CCC. The third kappa shape index (κ3) is 3.92. The lowest BCUT2D eigenvalue weighted by molar-refractivity contribution is 0.903. The maximum absolute atomic E-state index is 3.39. The summed E-state index contributed by atoms with van der Waals surface area (Å²) < 4.78 is 0. The standard InChI is InChI=1S/C22H28/c1-4-7-8-9-14-19-17-18(12-5-2)21-15-10-11-16-22(21)20(19)13-6-3/h10-11,15-17H,4-7,12-14H2,1-3H3. The summed E-state index contributed by atoms with van der Waals surface area (Å²) in [6, 6.07) is 11.3. The molecule has 2 aromatic carbocycles. The first-order valence-corrected chi connectivity index (χ1v) is 8.79. The molecule has 22 heavy (non-hydrogen) atoms. The van der Waals surface area contributed by atoms with Crippen LogP contribution in [0.4, 0.5) is 0 Å². The quantitative estimate of drug-likeness (QED) is 0.565. The average molecular weight is 292 g/mol. The number of hydrogen-bond donors (Lipinski definition) is 0. The summed E-state index contributed by atoms with van der Waals surface area (Å²) in [6.45, 7) is 6.71. The fraction of sp³-hybridized carbons (Fsp3) is 0.455. The molecule has 0 fully saturated rings. The molecule has 0 saturated heterocycles. The van der Waals surface area contributed by atoms with Crippen LogP contribution in [0, 0.1) is 11.8 Å². The van der Waals surface area contributed by atoms with Gasteiger partial charge in [0.05, 0.1) is 0 Å². The van der Waals surface area contributed by atoms with Gasteiger partial charge >= 0.3 is 0 Å². The second-order valence-corrected chi connectivity index (χ2v) is 6.00. The van der Waals surface area contributed by atoms with Crippen LogP contribution in [0.3, 0.4) is 0 Å². The Morgan fingerprint density at radius 2 is 1.50 bits per heavy atom. The fourth-order valence-electron chi connectivity index (χ4n) is 3.12. The molecular weight excluding hydrogens is 264 g/mol. The van der Waals surface area contributed by atoms with Gasteiger partial charge in [-0.1, -0.05) is 69.9 Å². The number of benzene rings is 2. The maximum Gasteiger partial charge on any atom is 0.0343 e. The van der Waals surface area contributed by atoms with E-state index in [-0.39, 0.29) is 0 Å². The van der Waals surface area contributed by atoms with Gasteiger partial charge in [0.1, 0.15) is 0 Å². The smallest absolute Gasteiger partial charge is 0.0343 e. The van der Waals surface area contributed by atoms with Gasteiger partial charge in [0, 0.05) is 12.8 Å². The molecule has 2 aromatic rings. The first kappa shape index (κ1) is 16.6. The molecular formula is C22H28. The Bertz CT molecular complexity index is 667. The Kier molecular flexibility index (Phi) is 6.53. The third-order valence-electron chi connectivity index (χ3n) is 4.13. The van der Waals surface area contributed by atoms with Crippen molar-refractivity contribution in [2.45, 2.75) is 65.7 Å². The van der Waals surface area contributed by atoms with E-state index in [0.29, 0.717) is 0 Å². The maximum atomic E-state index is 3.39. The number of rotatable bonds is 6. The van der Waals surface area contributed by atoms with Gasteiger partial charge in [-0.2, -0.15) is 0 Å². The molecule has 0 spiro atoms. The largest absolute Gasteiger partial charge is 0.103 e. The van der Waals surface area contributed by atoms with Crippen LogP contribution >= 0.6 is 0 Å². The Labute approximate surface area is 135 Å². The van der Waals surface area contributed by atoms with E-state index in [2.05, 4.69) is 62.9 Å². The van der Waals surface area contributed by atoms with Gasteiger partial charge in [0.2, 0.25) is 0 Å². The summed E-state index contributed by atoms with van der Waals surface area (Å²) in [5, 5.41) is 2.89. The van der Waals surface area contributed by atoms with Gasteiger partial charge < -0.3 is 0 Å². The van der Waals surface area contributed by atoms with Crippen molar-refractivity contribution in [3.05, 3.63) is 47.0 Å². The van der Waals surface area contributed by atoms with Gasteiger partial charge in [-0.25, -0.2) is 0 Å². The molecule has 0 aliphatic carbocycles. The second-order valence-electron chi connectivity index (χ2n) is 6.00. The van der Waals surface area contributed by atoms with Crippen LogP contribution in [-0.2, 0) is 19.3 Å². The Morgan fingerprint density at radius 1 is 0.773 bits per heavy atom. The summed E-state index contributed by atoms with van der Waals surface area (Å²) in [7, 11) is 0. The van der Waals surface area contributed by atoms with Crippen molar-refractivity contribution < 1.29 is 0 Å². The highest BCUT2D eigenvalue weighted by atomic mass is 14.1. The average Bonchev–Trinajstić information content (AvgIpc) is 2.55. The number of aryl methyl sites for hydroxylation is 2. The van der Waals surface area contributed by atoms with E-state index < -0.39 is 0 Å². The minimum Gasteiger partial charge on any atom is -0.103 e. The van der Waals surface area contributed by atoms with Crippen molar-refractivity contribution in [2.24, 2.45) is 0 Å². The van der Waals surface area contributed by atoms with Crippen molar-refractivity contribution in [1.82, 2.24) is 0 Å². The predicted octanol–water partition coefficient (Wildman–Crippen LogP) is 6.09. The van der Waals surface area contributed by atoms with Crippen LogP contribution in [0.1, 0.15) is 63.1 Å². The highest BCUT2D eigenvalue weighted by Crippen LogP contribution is 2.28. The lowest BCUT2D eigenvalue weighted by Gasteiger charge is -2.15. The molecule has 0 saturated carbocycles. The zero-order chi connectivity index (χ0) is 15.8.